The summed E-state index contributed by atoms with van der Waals surface area (Å²) in [6, 6.07) is 17.1. The molecule has 5 nitrogen and oxygen atoms in total. The third kappa shape index (κ3) is 5.00. The van der Waals surface area contributed by atoms with E-state index in [9.17, 15) is 9.59 Å². The van der Waals surface area contributed by atoms with Gasteiger partial charge in [-0.25, -0.2) is 9.59 Å². The minimum absolute atomic E-state index is 0.116. The molecule has 0 heterocycles. The van der Waals surface area contributed by atoms with Gasteiger partial charge in [0.1, 0.15) is 6.61 Å². The summed E-state index contributed by atoms with van der Waals surface area (Å²) < 4.78 is 9.90. The molecule has 1 unspecified atom stereocenters. The van der Waals surface area contributed by atoms with Gasteiger partial charge in [0.2, 0.25) is 0 Å². The van der Waals surface area contributed by atoms with E-state index in [4.69, 9.17) is 9.47 Å². The van der Waals surface area contributed by atoms with E-state index in [1.54, 1.807) is 24.3 Å². The maximum Gasteiger partial charge on any atom is 0.408 e. The van der Waals surface area contributed by atoms with E-state index in [1.807, 2.05) is 36.4 Å². The molecule has 5 heteroatoms. The zero-order valence-corrected chi connectivity index (χ0v) is 12.5. The second-order valence-corrected chi connectivity index (χ2v) is 4.65. The van der Waals surface area contributed by atoms with Crippen LogP contribution >= 0.6 is 0 Å². The maximum absolute atomic E-state index is 12.0. The van der Waals surface area contributed by atoms with Gasteiger partial charge in [-0.3, -0.25) is 0 Å². The van der Waals surface area contributed by atoms with E-state index in [2.05, 4.69) is 11.9 Å². The van der Waals surface area contributed by atoms with Gasteiger partial charge in [0.25, 0.3) is 0 Å². The Kier molecular flexibility index (Phi) is 5.94. The molecule has 1 N–H and O–H groups in total. The molecule has 0 aliphatic rings. The predicted octanol–water partition coefficient (Wildman–Crippen LogP) is 3.34. The van der Waals surface area contributed by atoms with E-state index in [-0.39, 0.29) is 6.61 Å². The lowest BCUT2D eigenvalue weighted by molar-refractivity contribution is -0.140. The molecule has 1 amide bonds. The number of hydrogen-bond donors (Lipinski definition) is 1. The molecule has 118 valence electrons. The highest BCUT2D eigenvalue weighted by Gasteiger charge is 2.24. The van der Waals surface area contributed by atoms with Crippen LogP contribution in [0.1, 0.15) is 17.2 Å². The van der Waals surface area contributed by atoms with Crippen molar-refractivity contribution in [2.75, 3.05) is 0 Å². The number of hydrogen-bond acceptors (Lipinski definition) is 4. The van der Waals surface area contributed by atoms with Crippen LogP contribution in [0.2, 0.25) is 0 Å². The van der Waals surface area contributed by atoms with Gasteiger partial charge in [-0.05, 0) is 11.1 Å². The first-order chi connectivity index (χ1) is 11.2. The SMILES string of the molecule is C=COC(=O)C(NC(=O)OCc1ccccc1)c1ccccc1. The lowest BCUT2D eigenvalue weighted by atomic mass is 10.1. The Morgan fingerprint density at radius 1 is 1.04 bits per heavy atom. The third-order valence-corrected chi connectivity index (χ3v) is 3.04. The predicted molar refractivity (Wildman–Crippen MR) is 85.2 cm³/mol. The molecular formula is C18H17NO4. The molecule has 0 bridgehead atoms. The number of benzene rings is 2. The fourth-order valence-electron chi connectivity index (χ4n) is 1.96. The zero-order chi connectivity index (χ0) is 16.5. The van der Waals surface area contributed by atoms with Crippen molar-refractivity contribution in [2.24, 2.45) is 0 Å². The normalized spacial score (nSPS) is 11.1. The molecule has 0 aliphatic carbocycles. The topological polar surface area (TPSA) is 64.6 Å². The van der Waals surface area contributed by atoms with E-state index in [1.165, 1.54) is 0 Å². The molecule has 0 aliphatic heterocycles. The van der Waals surface area contributed by atoms with E-state index in [0.29, 0.717) is 5.56 Å². The lowest BCUT2D eigenvalue weighted by Crippen LogP contribution is -2.34. The summed E-state index contributed by atoms with van der Waals surface area (Å²) >= 11 is 0. The van der Waals surface area contributed by atoms with Crippen LogP contribution in [0.5, 0.6) is 0 Å². The van der Waals surface area contributed by atoms with Crippen LogP contribution in [-0.2, 0) is 20.9 Å². The Bertz CT molecular complexity index is 655. The van der Waals surface area contributed by atoms with Crippen molar-refractivity contribution in [2.45, 2.75) is 12.6 Å². The van der Waals surface area contributed by atoms with Crippen LogP contribution < -0.4 is 5.32 Å². The molecule has 0 fully saturated rings. The van der Waals surface area contributed by atoms with Gasteiger partial charge in [-0.2, -0.15) is 0 Å². The highest BCUT2D eigenvalue weighted by atomic mass is 16.6. The number of carbonyl (C=O) groups is 2. The van der Waals surface area contributed by atoms with Gasteiger partial charge < -0.3 is 14.8 Å². The highest BCUT2D eigenvalue weighted by molar-refractivity contribution is 5.83. The van der Waals surface area contributed by atoms with Crippen molar-refractivity contribution in [1.82, 2.24) is 5.32 Å². The van der Waals surface area contributed by atoms with Gasteiger partial charge in [0.05, 0.1) is 6.26 Å². The second-order valence-electron chi connectivity index (χ2n) is 4.65. The van der Waals surface area contributed by atoms with E-state index < -0.39 is 18.1 Å². The van der Waals surface area contributed by atoms with E-state index >= 15 is 0 Å². The first-order valence-electron chi connectivity index (χ1n) is 7.04. The molecule has 2 aromatic rings. The Hall–Kier alpha value is -3.08. The summed E-state index contributed by atoms with van der Waals surface area (Å²) in [5, 5.41) is 2.50. The minimum atomic E-state index is -0.961. The minimum Gasteiger partial charge on any atom is -0.445 e. The summed E-state index contributed by atoms with van der Waals surface area (Å²) in [5.74, 6) is -0.636. The molecule has 0 radical (unpaired) electrons. The van der Waals surface area contributed by atoms with Gasteiger partial charge in [0, 0.05) is 0 Å². The first kappa shape index (κ1) is 16.3. The van der Waals surface area contributed by atoms with Gasteiger partial charge in [0.15, 0.2) is 6.04 Å². The van der Waals surface area contributed by atoms with Crippen LogP contribution in [0.25, 0.3) is 0 Å². The fraction of sp³-hybridized carbons (Fsp3) is 0.111. The summed E-state index contributed by atoms with van der Waals surface area (Å²) in [5.41, 5.74) is 1.45. The standard InChI is InChI=1S/C18H17NO4/c1-2-22-17(20)16(15-11-7-4-8-12-15)19-18(21)23-13-14-9-5-3-6-10-14/h2-12,16H,1,13H2,(H,19,21). The maximum atomic E-state index is 12.0. The number of amides is 1. The Morgan fingerprint density at radius 3 is 2.26 bits per heavy atom. The monoisotopic (exact) mass is 311 g/mol. The fourth-order valence-corrected chi connectivity index (χ4v) is 1.96. The number of ether oxygens (including phenoxy) is 2. The molecule has 2 aromatic carbocycles. The van der Waals surface area contributed by atoms with Crippen LogP contribution in [0.4, 0.5) is 4.79 Å². The number of carbonyl (C=O) groups excluding carboxylic acids is 2. The van der Waals surface area contributed by atoms with Crippen LogP contribution in [0.15, 0.2) is 73.5 Å². The van der Waals surface area contributed by atoms with Crippen LogP contribution in [0, 0.1) is 0 Å². The lowest BCUT2D eigenvalue weighted by Gasteiger charge is -2.16. The molecule has 0 saturated heterocycles. The average Bonchev–Trinajstić information content (AvgIpc) is 2.59. The quantitative estimate of drug-likeness (QED) is 0.656. The molecule has 2 rings (SSSR count). The smallest absolute Gasteiger partial charge is 0.408 e. The van der Waals surface area contributed by atoms with Gasteiger partial charge >= 0.3 is 12.1 Å². The number of esters is 1. The van der Waals surface area contributed by atoms with Crippen molar-refractivity contribution in [3.63, 3.8) is 0 Å². The summed E-state index contributed by atoms with van der Waals surface area (Å²) in [7, 11) is 0. The van der Waals surface area contributed by atoms with Crippen molar-refractivity contribution in [1.29, 1.82) is 0 Å². The first-order valence-corrected chi connectivity index (χ1v) is 7.04. The van der Waals surface area contributed by atoms with Crippen LogP contribution in [-0.4, -0.2) is 12.1 Å². The average molecular weight is 311 g/mol. The molecule has 1 atom stereocenters. The van der Waals surface area contributed by atoms with Gasteiger partial charge in [-0.1, -0.05) is 67.2 Å². The van der Waals surface area contributed by atoms with Crippen LogP contribution in [0.3, 0.4) is 0 Å². The Labute approximate surface area is 134 Å². The summed E-state index contributed by atoms with van der Waals surface area (Å²) in [4.78, 5) is 23.9. The molecule has 0 spiro atoms. The van der Waals surface area contributed by atoms with Crippen molar-refractivity contribution in [3.05, 3.63) is 84.6 Å². The Balaban J connectivity index is 2.01. The molecule has 0 aromatic heterocycles. The molecule has 23 heavy (non-hydrogen) atoms. The third-order valence-electron chi connectivity index (χ3n) is 3.04. The summed E-state index contributed by atoms with van der Waals surface area (Å²) in [6.45, 7) is 3.46. The zero-order valence-electron chi connectivity index (χ0n) is 12.5. The number of nitrogens with one attached hydrogen (secondary N) is 1. The molecular weight excluding hydrogens is 294 g/mol. The van der Waals surface area contributed by atoms with Crippen molar-refractivity contribution >= 4 is 12.1 Å². The number of alkyl carbamates (subject to hydrolysis) is 1. The number of rotatable bonds is 6. The molecule has 0 saturated carbocycles. The van der Waals surface area contributed by atoms with Crippen molar-refractivity contribution < 1.29 is 19.1 Å². The van der Waals surface area contributed by atoms with Gasteiger partial charge in [-0.15, -0.1) is 0 Å². The van der Waals surface area contributed by atoms with E-state index in [0.717, 1.165) is 11.8 Å². The highest BCUT2D eigenvalue weighted by Crippen LogP contribution is 2.15. The largest absolute Gasteiger partial charge is 0.445 e. The van der Waals surface area contributed by atoms with Crippen molar-refractivity contribution in [3.8, 4) is 0 Å². The Morgan fingerprint density at radius 2 is 1.65 bits per heavy atom. The summed E-state index contributed by atoms with van der Waals surface area (Å²) in [6.07, 6.45) is 0.318. The second kappa shape index (κ2) is 8.38.